The van der Waals surface area contributed by atoms with Crippen molar-refractivity contribution in [1.82, 2.24) is 9.03 Å². The second kappa shape index (κ2) is 7.00. The second-order valence-corrected chi connectivity index (χ2v) is 6.42. The number of hydrogen-bond acceptors (Lipinski definition) is 2. The van der Waals surface area contributed by atoms with E-state index in [1.54, 1.807) is 4.31 Å². The summed E-state index contributed by atoms with van der Waals surface area (Å²) in [6.45, 7) is 3.85. The van der Waals surface area contributed by atoms with Gasteiger partial charge in [0.25, 0.3) is 10.2 Å². The van der Waals surface area contributed by atoms with Gasteiger partial charge in [0.15, 0.2) is 0 Å². The molecule has 0 saturated carbocycles. The number of terminal acetylenes is 1. The van der Waals surface area contributed by atoms with Crippen molar-refractivity contribution in [3.05, 3.63) is 0 Å². The molecule has 1 heterocycles. The van der Waals surface area contributed by atoms with Crippen LogP contribution in [0.15, 0.2) is 0 Å². The van der Waals surface area contributed by atoms with Gasteiger partial charge in [-0.2, -0.15) is 12.7 Å². The molecule has 1 rings (SSSR count). The van der Waals surface area contributed by atoms with Gasteiger partial charge in [0, 0.05) is 26.1 Å². The monoisotopic (exact) mass is 258 g/mol. The van der Waals surface area contributed by atoms with Crippen molar-refractivity contribution in [3.8, 4) is 12.3 Å². The summed E-state index contributed by atoms with van der Waals surface area (Å²) in [5, 5.41) is 0. The fraction of sp³-hybridized carbons (Fsp3) is 0.833. The summed E-state index contributed by atoms with van der Waals surface area (Å²) in [5.74, 6) is 3.01. The van der Waals surface area contributed by atoms with Gasteiger partial charge in [-0.25, -0.2) is 4.72 Å². The van der Waals surface area contributed by atoms with Gasteiger partial charge in [-0.15, -0.1) is 12.3 Å². The first-order valence-electron chi connectivity index (χ1n) is 6.24. The van der Waals surface area contributed by atoms with Crippen LogP contribution in [-0.4, -0.2) is 32.4 Å². The van der Waals surface area contributed by atoms with Crippen molar-refractivity contribution in [1.29, 1.82) is 0 Å². The maximum atomic E-state index is 11.9. The summed E-state index contributed by atoms with van der Waals surface area (Å²) in [4.78, 5) is 0. The molecule has 0 bridgehead atoms. The summed E-state index contributed by atoms with van der Waals surface area (Å²) in [6, 6.07) is 0. The van der Waals surface area contributed by atoms with Crippen molar-refractivity contribution in [2.45, 2.75) is 39.0 Å². The maximum absolute atomic E-state index is 11.9. The van der Waals surface area contributed by atoms with Crippen LogP contribution in [0.3, 0.4) is 0 Å². The van der Waals surface area contributed by atoms with E-state index >= 15 is 0 Å². The number of unbranched alkanes of at least 4 members (excludes halogenated alkanes) is 2. The third-order valence-corrected chi connectivity index (χ3v) is 4.57. The first kappa shape index (κ1) is 14.5. The Balaban J connectivity index is 2.32. The van der Waals surface area contributed by atoms with Gasteiger partial charge in [-0.05, 0) is 31.6 Å². The molecular weight excluding hydrogens is 236 g/mol. The molecule has 1 saturated heterocycles. The first-order valence-corrected chi connectivity index (χ1v) is 7.68. The van der Waals surface area contributed by atoms with Crippen molar-refractivity contribution in [2.75, 3.05) is 19.6 Å². The Bertz CT molecular complexity index is 359. The van der Waals surface area contributed by atoms with E-state index < -0.39 is 10.2 Å². The molecule has 0 aliphatic carbocycles. The molecule has 0 radical (unpaired) electrons. The quantitative estimate of drug-likeness (QED) is 0.577. The Morgan fingerprint density at radius 3 is 2.88 bits per heavy atom. The average molecular weight is 258 g/mol. The van der Waals surface area contributed by atoms with E-state index in [9.17, 15) is 8.42 Å². The highest BCUT2D eigenvalue weighted by molar-refractivity contribution is 7.87. The minimum atomic E-state index is -3.27. The Morgan fingerprint density at radius 2 is 2.24 bits per heavy atom. The lowest BCUT2D eigenvalue weighted by molar-refractivity contribution is 0.278. The molecule has 0 aromatic rings. The van der Waals surface area contributed by atoms with Crippen molar-refractivity contribution >= 4 is 10.2 Å². The normalized spacial score (nSPS) is 22.2. The zero-order chi connectivity index (χ0) is 12.7. The molecule has 17 heavy (non-hydrogen) atoms. The van der Waals surface area contributed by atoms with Gasteiger partial charge in [0.2, 0.25) is 0 Å². The summed E-state index contributed by atoms with van der Waals surface area (Å²) < 4.78 is 28.1. The zero-order valence-corrected chi connectivity index (χ0v) is 11.3. The number of piperidine rings is 1. The van der Waals surface area contributed by atoms with Gasteiger partial charge in [0.1, 0.15) is 0 Å². The van der Waals surface area contributed by atoms with Crippen LogP contribution in [-0.2, 0) is 10.2 Å². The molecule has 1 aliphatic heterocycles. The summed E-state index contributed by atoms with van der Waals surface area (Å²) in [7, 11) is -3.27. The molecule has 1 fully saturated rings. The highest BCUT2D eigenvalue weighted by Gasteiger charge is 2.26. The van der Waals surface area contributed by atoms with Crippen LogP contribution in [0.4, 0.5) is 0 Å². The van der Waals surface area contributed by atoms with Crippen molar-refractivity contribution < 1.29 is 8.42 Å². The molecule has 0 aromatic carbocycles. The van der Waals surface area contributed by atoms with Crippen LogP contribution in [0.1, 0.15) is 39.0 Å². The number of hydrogen-bond donors (Lipinski definition) is 1. The molecule has 98 valence electrons. The molecule has 5 heteroatoms. The molecule has 1 unspecified atom stereocenters. The predicted octanol–water partition coefficient (Wildman–Crippen LogP) is 1.36. The van der Waals surface area contributed by atoms with Gasteiger partial charge in [0.05, 0.1) is 0 Å². The van der Waals surface area contributed by atoms with E-state index in [0.29, 0.717) is 32.0 Å². The van der Waals surface area contributed by atoms with E-state index in [2.05, 4.69) is 17.6 Å². The van der Waals surface area contributed by atoms with Crippen molar-refractivity contribution in [2.24, 2.45) is 5.92 Å². The fourth-order valence-corrected chi connectivity index (χ4v) is 3.41. The van der Waals surface area contributed by atoms with E-state index in [1.807, 2.05) is 0 Å². The molecule has 1 aliphatic rings. The molecule has 0 aromatic heterocycles. The van der Waals surface area contributed by atoms with Gasteiger partial charge in [-0.3, -0.25) is 0 Å². The lowest BCUT2D eigenvalue weighted by Crippen LogP contribution is -2.45. The third-order valence-electron chi connectivity index (χ3n) is 2.99. The van der Waals surface area contributed by atoms with Gasteiger partial charge in [-0.1, -0.05) is 6.92 Å². The summed E-state index contributed by atoms with van der Waals surface area (Å²) >= 11 is 0. The Kier molecular flexibility index (Phi) is 5.96. The minimum absolute atomic E-state index is 0.460. The molecule has 4 nitrogen and oxygen atoms in total. The Morgan fingerprint density at radius 1 is 1.47 bits per heavy atom. The number of rotatable bonds is 6. The van der Waals surface area contributed by atoms with Crippen LogP contribution in [0.2, 0.25) is 0 Å². The smallest absolute Gasteiger partial charge is 0.202 e. The summed E-state index contributed by atoms with van der Waals surface area (Å²) in [6.07, 6.45) is 9.59. The maximum Gasteiger partial charge on any atom is 0.279 e. The highest BCUT2D eigenvalue weighted by Crippen LogP contribution is 2.17. The third kappa shape index (κ3) is 5.07. The van der Waals surface area contributed by atoms with E-state index in [0.717, 1.165) is 25.7 Å². The lowest BCUT2D eigenvalue weighted by atomic mass is 10.0. The van der Waals surface area contributed by atoms with Crippen molar-refractivity contribution in [3.63, 3.8) is 0 Å². The van der Waals surface area contributed by atoms with Gasteiger partial charge >= 0.3 is 0 Å². The zero-order valence-electron chi connectivity index (χ0n) is 10.5. The Labute approximate surface area is 105 Å². The first-order chi connectivity index (χ1) is 8.06. The highest BCUT2D eigenvalue weighted by atomic mass is 32.2. The number of nitrogens with one attached hydrogen (secondary N) is 1. The minimum Gasteiger partial charge on any atom is -0.202 e. The molecule has 1 N–H and O–H groups in total. The topological polar surface area (TPSA) is 49.4 Å². The Hall–Kier alpha value is -0.570. The molecule has 1 atom stereocenters. The molecule has 0 spiro atoms. The molecular formula is C12H22N2O2S. The lowest BCUT2D eigenvalue weighted by Gasteiger charge is -2.29. The van der Waals surface area contributed by atoms with Crippen LogP contribution >= 0.6 is 0 Å². The summed E-state index contributed by atoms with van der Waals surface area (Å²) in [5.41, 5.74) is 0. The van der Waals surface area contributed by atoms with Crippen LogP contribution in [0, 0.1) is 18.3 Å². The van der Waals surface area contributed by atoms with E-state index in [4.69, 9.17) is 6.42 Å². The standard InChI is InChI=1S/C12H22N2O2S/c1-3-4-5-6-9-13-17(15,16)14-10-7-8-12(2)11-14/h1,12-13H,4-11H2,2H3. The SMILES string of the molecule is C#CCCCCNS(=O)(=O)N1CCCC(C)C1. The largest absolute Gasteiger partial charge is 0.279 e. The van der Waals surface area contributed by atoms with E-state index in [1.165, 1.54) is 0 Å². The second-order valence-electron chi connectivity index (χ2n) is 4.67. The predicted molar refractivity (Wildman–Crippen MR) is 69.6 cm³/mol. The van der Waals surface area contributed by atoms with Crippen LogP contribution < -0.4 is 4.72 Å². The average Bonchev–Trinajstić information content (AvgIpc) is 2.29. The van der Waals surface area contributed by atoms with E-state index in [-0.39, 0.29) is 0 Å². The fourth-order valence-electron chi connectivity index (χ4n) is 2.01. The van der Waals surface area contributed by atoms with Gasteiger partial charge < -0.3 is 0 Å². The van der Waals surface area contributed by atoms with Crippen LogP contribution in [0.5, 0.6) is 0 Å². The molecule has 0 amide bonds. The van der Waals surface area contributed by atoms with Crippen LogP contribution in [0.25, 0.3) is 0 Å². The number of nitrogens with zero attached hydrogens (tertiary/aromatic N) is 1.